The second kappa shape index (κ2) is 7.47. The van der Waals surface area contributed by atoms with Crippen molar-refractivity contribution in [3.8, 4) is 0 Å². The number of amides is 2. The minimum Gasteiger partial charge on any atom is -0.480 e. The van der Waals surface area contributed by atoms with Crippen LogP contribution in [0.15, 0.2) is 0 Å². The topological polar surface area (TPSA) is 72.9 Å². The second-order valence-electron chi connectivity index (χ2n) is 6.12. The molecule has 0 saturated carbocycles. The van der Waals surface area contributed by atoms with Gasteiger partial charge in [-0.1, -0.05) is 13.8 Å². The van der Waals surface area contributed by atoms with E-state index in [4.69, 9.17) is 5.11 Å². The van der Waals surface area contributed by atoms with Crippen molar-refractivity contribution in [1.82, 2.24) is 15.1 Å². The molecule has 116 valence electrons. The van der Waals surface area contributed by atoms with Gasteiger partial charge in [-0.25, -0.2) is 9.59 Å². The average molecular weight is 285 g/mol. The zero-order valence-electron chi connectivity index (χ0n) is 12.9. The maximum atomic E-state index is 12.2. The highest BCUT2D eigenvalue weighted by Gasteiger charge is 2.27. The average Bonchev–Trinajstić information content (AvgIpc) is 2.37. The van der Waals surface area contributed by atoms with Crippen LogP contribution in [0.4, 0.5) is 4.79 Å². The Labute approximate surface area is 121 Å². The fourth-order valence-corrected chi connectivity index (χ4v) is 2.49. The molecule has 0 aromatic rings. The molecule has 20 heavy (non-hydrogen) atoms. The largest absolute Gasteiger partial charge is 0.480 e. The van der Waals surface area contributed by atoms with Crippen LogP contribution in [0.25, 0.3) is 0 Å². The van der Waals surface area contributed by atoms with Crippen LogP contribution >= 0.6 is 0 Å². The molecule has 0 radical (unpaired) electrons. The lowest BCUT2D eigenvalue weighted by Gasteiger charge is -2.35. The predicted molar refractivity (Wildman–Crippen MR) is 77.7 cm³/mol. The number of likely N-dealkylation sites (tertiary alicyclic amines) is 1. The number of urea groups is 1. The maximum absolute atomic E-state index is 12.2. The summed E-state index contributed by atoms with van der Waals surface area (Å²) in [7, 11) is 3.82. The van der Waals surface area contributed by atoms with Gasteiger partial charge in [0.05, 0.1) is 0 Å². The molecule has 1 atom stereocenters. The Morgan fingerprint density at radius 3 is 2.35 bits per heavy atom. The van der Waals surface area contributed by atoms with Crippen molar-refractivity contribution >= 4 is 12.0 Å². The second-order valence-corrected chi connectivity index (χ2v) is 6.12. The summed E-state index contributed by atoms with van der Waals surface area (Å²) in [5.41, 5.74) is 0. The first-order valence-corrected chi connectivity index (χ1v) is 7.26. The number of hydrogen-bond donors (Lipinski definition) is 2. The molecule has 2 N–H and O–H groups in total. The fraction of sp³-hybridized carbons (Fsp3) is 0.857. The smallest absolute Gasteiger partial charge is 0.326 e. The predicted octanol–water partition coefficient (Wildman–Crippen LogP) is 1.22. The molecule has 1 fully saturated rings. The van der Waals surface area contributed by atoms with Crippen molar-refractivity contribution < 1.29 is 14.7 Å². The van der Waals surface area contributed by atoms with E-state index in [1.54, 1.807) is 11.9 Å². The van der Waals surface area contributed by atoms with Gasteiger partial charge in [0, 0.05) is 13.1 Å². The first-order valence-electron chi connectivity index (χ1n) is 7.26. The van der Waals surface area contributed by atoms with Crippen LogP contribution in [0.3, 0.4) is 0 Å². The van der Waals surface area contributed by atoms with Gasteiger partial charge in [-0.3, -0.25) is 0 Å². The first kappa shape index (κ1) is 16.8. The van der Waals surface area contributed by atoms with Gasteiger partial charge in [-0.15, -0.1) is 0 Å². The number of piperidine rings is 1. The number of carbonyl (C=O) groups is 2. The standard InChI is InChI=1S/C14H27N3O3/c1-10(2)9-12(13(18)19)15-14(20)17(4)11-5-7-16(3)8-6-11/h10-12H,5-9H2,1-4H3,(H,15,20)(H,18,19)/t12-/m0/s1. The van der Waals surface area contributed by atoms with E-state index in [9.17, 15) is 9.59 Å². The Morgan fingerprint density at radius 1 is 1.35 bits per heavy atom. The monoisotopic (exact) mass is 285 g/mol. The summed E-state index contributed by atoms with van der Waals surface area (Å²) in [5.74, 6) is -0.742. The molecular weight excluding hydrogens is 258 g/mol. The molecule has 1 heterocycles. The molecule has 0 aliphatic carbocycles. The molecule has 1 rings (SSSR count). The third-order valence-electron chi connectivity index (χ3n) is 3.86. The lowest BCUT2D eigenvalue weighted by molar-refractivity contribution is -0.139. The molecule has 0 unspecified atom stereocenters. The van der Waals surface area contributed by atoms with Crippen LogP contribution in [0, 0.1) is 5.92 Å². The van der Waals surface area contributed by atoms with Crippen LogP contribution in [0.5, 0.6) is 0 Å². The summed E-state index contributed by atoms with van der Waals surface area (Å²) in [6.45, 7) is 5.83. The van der Waals surface area contributed by atoms with Gasteiger partial charge in [-0.2, -0.15) is 0 Å². The number of hydrogen-bond acceptors (Lipinski definition) is 3. The van der Waals surface area contributed by atoms with Gasteiger partial charge in [-0.05, 0) is 45.3 Å². The molecular formula is C14H27N3O3. The van der Waals surface area contributed by atoms with E-state index in [0.717, 1.165) is 25.9 Å². The SMILES string of the molecule is CC(C)C[C@H](NC(=O)N(C)C1CCN(C)CC1)C(=O)O. The summed E-state index contributed by atoms with van der Waals surface area (Å²) in [4.78, 5) is 27.2. The summed E-state index contributed by atoms with van der Waals surface area (Å²) < 4.78 is 0. The first-order chi connectivity index (χ1) is 9.31. The van der Waals surface area contributed by atoms with E-state index in [-0.39, 0.29) is 18.0 Å². The van der Waals surface area contributed by atoms with E-state index in [0.29, 0.717) is 6.42 Å². The lowest BCUT2D eigenvalue weighted by atomic mass is 10.0. The zero-order valence-corrected chi connectivity index (χ0v) is 12.9. The Bertz CT molecular complexity index is 339. The molecule has 1 aliphatic heterocycles. The van der Waals surface area contributed by atoms with Crippen LogP contribution in [-0.4, -0.2) is 66.2 Å². The van der Waals surface area contributed by atoms with Crippen LogP contribution in [-0.2, 0) is 4.79 Å². The Balaban J connectivity index is 2.53. The minimum atomic E-state index is -0.969. The van der Waals surface area contributed by atoms with Gasteiger partial charge in [0.25, 0.3) is 0 Å². The summed E-state index contributed by atoms with van der Waals surface area (Å²) in [6, 6.07) is -0.900. The molecule has 6 heteroatoms. The number of nitrogens with one attached hydrogen (secondary N) is 1. The number of nitrogens with zero attached hydrogens (tertiary/aromatic N) is 2. The van der Waals surface area contributed by atoms with Gasteiger partial charge < -0.3 is 20.2 Å². The normalized spacial score (nSPS) is 18.9. The van der Waals surface area contributed by atoms with Crippen molar-refractivity contribution in [1.29, 1.82) is 0 Å². The highest BCUT2D eigenvalue weighted by molar-refractivity contribution is 5.82. The highest BCUT2D eigenvalue weighted by Crippen LogP contribution is 2.14. The van der Waals surface area contributed by atoms with E-state index in [1.807, 2.05) is 13.8 Å². The molecule has 0 spiro atoms. The van der Waals surface area contributed by atoms with Gasteiger partial charge >= 0.3 is 12.0 Å². The van der Waals surface area contributed by atoms with Crippen LogP contribution in [0.2, 0.25) is 0 Å². The minimum absolute atomic E-state index is 0.194. The Morgan fingerprint density at radius 2 is 1.90 bits per heavy atom. The molecule has 0 aromatic carbocycles. The molecule has 0 bridgehead atoms. The molecule has 0 aromatic heterocycles. The van der Waals surface area contributed by atoms with Crippen molar-refractivity contribution in [3.05, 3.63) is 0 Å². The third-order valence-corrected chi connectivity index (χ3v) is 3.86. The van der Waals surface area contributed by atoms with Crippen molar-refractivity contribution in [2.24, 2.45) is 5.92 Å². The molecule has 1 saturated heterocycles. The number of carboxylic acid groups (broad SMARTS) is 1. The van der Waals surface area contributed by atoms with Crippen molar-refractivity contribution in [2.45, 2.75) is 45.2 Å². The van der Waals surface area contributed by atoms with Crippen molar-refractivity contribution in [3.63, 3.8) is 0 Å². The zero-order chi connectivity index (χ0) is 15.3. The number of rotatable bonds is 5. The molecule has 1 aliphatic rings. The number of aliphatic carboxylic acids is 1. The summed E-state index contributed by atoms with van der Waals surface area (Å²) in [6.07, 6.45) is 2.31. The van der Waals surface area contributed by atoms with Crippen LogP contribution < -0.4 is 5.32 Å². The van der Waals surface area contributed by atoms with Gasteiger partial charge in [0.1, 0.15) is 6.04 Å². The van der Waals surface area contributed by atoms with Crippen LogP contribution in [0.1, 0.15) is 33.1 Å². The lowest BCUT2D eigenvalue weighted by Crippen LogP contribution is -2.52. The van der Waals surface area contributed by atoms with E-state index >= 15 is 0 Å². The Kier molecular flexibility index (Phi) is 6.26. The van der Waals surface area contributed by atoms with Gasteiger partial charge in [0.2, 0.25) is 0 Å². The van der Waals surface area contributed by atoms with E-state index < -0.39 is 12.0 Å². The molecule has 2 amide bonds. The Hall–Kier alpha value is -1.30. The number of carboxylic acids is 1. The number of carbonyl (C=O) groups excluding carboxylic acids is 1. The van der Waals surface area contributed by atoms with E-state index in [1.165, 1.54) is 0 Å². The summed E-state index contributed by atoms with van der Waals surface area (Å²) in [5, 5.41) is 11.8. The van der Waals surface area contributed by atoms with E-state index in [2.05, 4.69) is 17.3 Å². The fourth-order valence-electron chi connectivity index (χ4n) is 2.49. The third kappa shape index (κ3) is 5.00. The quantitative estimate of drug-likeness (QED) is 0.796. The van der Waals surface area contributed by atoms with Gasteiger partial charge in [0.15, 0.2) is 0 Å². The maximum Gasteiger partial charge on any atom is 0.326 e. The summed E-state index contributed by atoms with van der Waals surface area (Å²) >= 11 is 0. The molecule has 6 nitrogen and oxygen atoms in total. The van der Waals surface area contributed by atoms with Crippen molar-refractivity contribution in [2.75, 3.05) is 27.2 Å². The highest BCUT2D eigenvalue weighted by atomic mass is 16.4.